The minimum absolute atomic E-state index is 0.0741. The Balaban J connectivity index is 2.07. The van der Waals surface area contributed by atoms with E-state index in [2.05, 4.69) is 15.5 Å². The van der Waals surface area contributed by atoms with Crippen molar-refractivity contribution in [3.8, 4) is 11.5 Å². The number of aromatic nitrogens is 1. The number of nitro groups is 1. The zero-order chi connectivity index (χ0) is 17.7. The summed E-state index contributed by atoms with van der Waals surface area (Å²) in [5, 5.41) is 28.9. The second kappa shape index (κ2) is 7.51. The Labute approximate surface area is 140 Å². The van der Waals surface area contributed by atoms with Crippen LogP contribution in [0.2, 0.25) is 0 Å². The van der Waals surface area contributed by atoms with Crippen molar-refractivity contribution in [3.63, 3.8) is 0 Å². The van der Waals surface area contributed by atoms with Gasteiger partial charge in [-0.25, -0.2) is 10.4 Å². The van der Waals surface area contributed by atoms with Crippen molar-refractivity contribution in [1.82, 2.24) is 10.4 Å². The first-order valence-corrected chi connectivity index (χ1v) is 7.55. The molecule has 1 heterocycles. The molecule has 1 aromatic heterocycles. The number of nitrogens with one attached hydrogen (secondary N) is 1. The normalized spacial score (nSPS) is 10.8. The van der Waals surface area contributed by atoms with Crippen LogP contribution >= 0.6 is 11.3 Å². The standard InChI is InChI=1S/C14H14N4O5S/c1-8-16-10(7-24-8)5-13(19)17-15-6-9-3-11(18(21)22)14(20)12(4-9)23-2/h3-4,6-7,20H,5H2,1-2H3,(H,17,19)/p-1/b15-6-. The van der Waals surface area contributed by atoms with E-state index >= 15 is 0 Å². The summed E-state index contributed by atoms with van der Waals surface area (Å²) in [6, 6.07) is 2.36. The fourth-order valence-corrected chi connectivity index (χ4v) is 2.45. The highest BCUT2D eigenvalue weighted by Crippen LogP contribution is 2.33. The Hall–Kier alpha value is -3.01. The first-order chi connectivity index (χ1) is 11.4. The molecule has 0 spiro atoms. The first kappa shape index (κ1) is 17.3. The average Bonchev–Trinajstić information content (AvgIpc) is 2.93. The van der Waals surface area contributed by atoms with Crippen LogP contribution in [0, 0.1) is 17.0 Å². The van der Waals surface area contributed by atoms with Crippen molar-refractivity contribution in [2.75, 3.05) is 7.11 Å². The lowest BCUT2D eigenvalue weighted by Gasteiger charge is -2.12. The maximum atomic E-state index is 11.7. The van der Waals surface area contributed by atoms with Crippen LogP contribution in [0.3, 0.4) is 0 Å². The molecule has 1 N–H and O–H groups in total. The SMILES string of the molecule is COc1cc(/C=N\NC(=O)Cc2csc(C)n2)cc([N+](=O)[O-])c1[O-]. The van der Waals surface area contributed by atoms with E-state index in [0.29, 0.717) is 5.69 Å². The third-order valence-corrected chi connectivity index (χ3v) is 3.71. The van der Waals surface area contributed by atoms with E-state index in [9.17, 15) is 20.0 Å². The Morgan fingerprint density at radius 1 is 1.54 bits per heavy atom. The van der Waals surface area contributed by atoms with Crippen molar-refractivity contribution in [1.29, 1.82) is 0 Å². The number of nitrogens with zero attached hydrogens (tertiary/aromatic N) is 3. The lowest BCUT2D eigenvalue weighted by molar-refractivity contribution is -0.398. The summed E-state index contributed by atoms with van der Waals surface area (Å²) in [5.74, 6) is -1.36. The van der Waals surface area contributed by atoms with Gasteiger partial charge in [0.2, 0.25) is 5.91 Å². The van der Waals surface area contributed by atoms with Gasteiger partial charge in [-0.1, -0.05) is 0 Å². The number of carbonyl (C=O) groups is 1. The molecule has 0 unspecified atom stereocenters. The van der Waals surface area contributed by atoms with E-state index in [1.165, 1.54) is 30.7 Å². The average molecular weight is 349 g/mol. The molecular weight excluding hydrogens is 336 g/mol. The number of hydrogen-bond donors (Lipinski definition) is 1. The van der Waals surface area contributed by atoms with Gasteiger partial charge in [-0.05, 0) is 13.0 Å². The van der Waals surface area contributed by atoms with Gasteiger partial charge in [0.05, 0.1) is 35.4 Å². The zero-order valence-corrected chi connectivity index (χ0v) is 13.6. The van der Waals surface area contributed by atoms with Crippen LogP contribution in [0.1, 0.15) is 16.3 Å². The lowest BCUT2D eigenvalue weighted by Crippen LogP contribution is -2.20. The number of hydrogen-bond acceptors (Lipinski definition) is 8. The van der Waals surface area contributed by atoms with E-state index in [4.69, 9.17) is 4.74 Å². The molecule has 2 rings (SSSR count). The molecule has 126 valence electrons. The topological polar surface area (TPSA) is 130 Å². The second-order valence-corrected chi connectivity index (χ2v) is 5.72. The highest BCUT2D eigenvalue weighted by atomic mass is 32.1. The maximum absolute atomic E-state index is 11.7. The highest BCUT2D eigenvalue weighted by molar-refractivity contribution is 7.09. The molecule has 0 aliphatic carbocycles. The molecule has 0 saturated heterocycles. The molecule has 0 atom stereocenters. The third-order valence-electron chi connectivity index (χ3n) is 2.89. The number of hydrazone groups is 1. The van der Waals surface area contributed by atoms with Gasteiger partial charge >= 0.3 is 0 Å². The molecule has 1 amide bonds. The number of ether oxygens (including phenoxy) is 1. The Morgan fingerprint density at radius 3 is 2.88 bits per heavy atom. The first-order valence-electron chi connectivity index (χ1n) is 6.67. The Kier molecular flexibility index (Phi) is 5.42. The van der Waals surface area contributed by atoms with Crippen LogP contribution in [-0.2, 0) is 11.2 Å². The molecule has 24 heavy (non-hydrogen) atoms. The number of carbonyl (C=O) groups excluding carboxylic acids is 1. The number of methoxy groups -OCH3 is 1. The van der Waals surface area contributed by atoms with Gasteiger partial charge in [0, 0.05) is 22.8 Å². The quantitative estimate of drug-likeness (QED) is 0.473. The monoisotopic (exact) mass is 349 g/mol. The third kappa shape index (κ3) is 4.26. The number of rotatable bonds is 6. The summed E-state index contributed by atoms with van der Waals surface area (Å²) in [4.78, 5) is 25.9. The van der Waals surface area contributed by atoms with Crippen molar-refractivity contribution in [2.45, 2.75) is 13.3 Å². The van der Waals surface area contributed by atoms with Gasteiger partial charge in [-0.2, -0.15) is 5.10 Å². The van der Waals surface area contributed by atoms with Gasteiger partial charge in [0.25, 0.3) is 5.69 Å². The summed E-state index contributed by atoms with van der Waals surface area (Å²) in [6.45, 7) is 1.84. The smallest absolute Gasteiger partial charge is 0.266 e. The highest BCUT2D eigenvalue weighted by Gasteiger charge is 2.13. The predicted molar refractivity (Wildman–Crippen MR) is 85.4 cm³/mol. The van der Waals surface area contributed by atoms with E-state index in [-0.39, 0.29) is 23.6 Å². The lowest BCUT2D eigenvalue weighted by atomic mass is 10.2. The van der Waals surface area contributed by atoms with Crippen molar-refractivity contribution in [3.05, 3.63) is 43.9 Å². The van der Waals surface area contributed by atoms with Crippen molar-refractivity contribution < 1.29 is 19.6 Å². The molecule has 0 aliphatic heterocycles. The van der Waals surface area contributed by atoms with Crippen LogP contribution in [0.5, 0.6) is 11.5 Å². The number of aryl methyl sites for hydroxylation is 1. The molecule has 2 aromatic rings. The fourth-order valence-electron chi connectivity index (χ4n) is 1.84. The molecule has 9 nitrogen and oxygen atoms in total. The number of benzene rings is 1. The number of amides is 1. The zero-order valence-electron chi connectivity index (χ0n) is 12.8. The Bertz CT molecular complexity index is 802. The van der Waals surface area contributed by atoms with E-state index in [1.54, 1.807) is 5.38 Å². The molecule has 10 heteroatoms. The second-order valence-electron chi connectivity index (χ2n) is 4.66. The molecule has 1 aromatic carbocycles. The van der Waals surface area contributed by atoms with Gasteiger partial charge in [0.1, 0.15) is 5.75 Å². The molecule has 0 bridgehead atoms. The molecule has 0 saturated carbocycles. The largest absolute Gasteiger partial charge is 0.865 e. The van der Waals surface area contributed by atoms with Crippen LogP contribution in [-0.4, -0.2) is 29.1 Å². The molecule has 0 aliphatic rings. The minimum atomic E-state index is -0.817. The summed E-state index contributed by atoms with van der Waals surface area (Å²) < 4.78 is 4.81. The minimum Gasteiger partial charge on any atom is -0.865 e. The van der Waals surface area contributed by atoms with Crippen LogP contribution in [0.4, 0.5) is 5.69 Å². The maximum Gasteiger partial charge on any atom is 0.266 e. The number of thiazole rings is 1. The summed E-state index contributed by atoms with van der Waals surface area (Å²) in [5.41, 5.74) is 2.56. The van der Waals surface area contributed by atoms with Gasteiger partial charge in [0.15, 0.2) is 0 Å². The molecular formula is C14H13N4O5S-. The Morgan fingerprint density at radius 2 is 2.29 bits per heavy atom. The molecule has 0 radical (unpaired) electrons. The van der Waals surface area contributed by atoms with Crippen molar-refractivity contribution in [2.24, 2.45) is 5.10 Å². The van der Waals surface area contributed by atoms with Gasteiger partial charge in [-0.15, -0.1) is 11.3 Å². The van der Waals surface area contributed by atoms with E-state index in [1.807, 2.05) is 6.92 Å². The predicted octanol–water partition coefficient (Wildman–Crippen LogP) is 1.13. The van der Waals surface area contributed by atoms with Crippen molar-refractivity contribution >= 4 is 29.1 Å². The number of nitro benzene ring substituents is 1. The van der Waals surface area contributed by atoms with Crippen LogP contribution < -0.4 is 15.3 Å². The summed E-state index contributed by atoms with van der Waals surface area (Å²) >= 11 is 1.44. The summed E-state index contributed by atoms with van der Waals surface area (Å²) in [6.07, 6.45) is 1.27. The van der Waals surface area contributed by atoms with Gasteiger partial charge in [-0.3, -0.25) is 14.9 Å². The van der Waals surface area contributed by atoms with E-state index in [0.717, 1.165) is 11.1 Å². The van der Waals surface area contributed by atoms with Gasteiger partial charge < -0.3 is 9.84 Å². The molecule has 0 fully saturated rings. The van der Waals surface area contributed by atoms with E-state index < -0.39 is 16.4 Å². The summed E-state index contributed by atoms with van der Waals surface area (Å²) in [7, 11) is 1.24. The van der Waals surface area contributed by atoms with Crippen LogP contribution in [0.15, 0.2) is 22.6 Å². The van der Waals surface area contributed by atoms with Crippen LogP contribution in [0.25, 0.3) is 0 Å². The fraction of sp³-hybridized carbons (Fsp3) is 0.214.